The fourth-order valence-electron chi connectivity index (χ4n) is 3.24. The largest absolute Gasteiger partial charge is 0.497 e. The van der Waals surface area contributed by atoms with Crippen LogP contribution in [-0.2, 0) is 16.6 Å². The normalized spacial score (nSPS) is 12.2. The Bertz CT molecular complexity index is 1490. The van der Waals surface area contributed by atoms with Gasteiger partial charge in [0, 0.05) is 17.8 Å². The lowest BCUT2D eigenvalue weighted by molar-refractivity contribution is 0.0998. The van der Waals surface area contributed by atoms with Crippen molar-refractivity contribution in [3.63, 3.8) is 0 Å². The number of halogens is 1. The van der Waals surface area contributed by atoms with E-state index < -0.39 is 15.9 Å². The third-order valence-electron chi connectivity index (χ3n) is 4.91. The van der Waals surface area contributed by atoms with Gasteiger partial charge in [0.05, 0.1) is 22.2 Å². The first-order valence-corrected chi connectivity index (χ1v) is 12.3. The molecule has 10 heteroatoms. The van der Waals surface area contributed by atoms with E-state index in [1.807, 2.05) is 11.5 Å². The standard InChI is InChI=1S/C23H20FN3O4S2/c1-3-27-20-13-6-16(24)14-21(20)32-23(27)25-22(28)15-4-7-17(8-5-15)26-33(29,30)19-11-9-18(31-2)10-12-19/h4-14,26H,3H2,1-2H3. The highest BCUT2D eigenvalue weighted by molar-refractivity contribution is 7.92. The van der Waals surface area contributed by atoms with Gasteiger partial charge in [-0.3, -0.25) is 9.52 Å². The second-order valence-corrected chi connectivity index (χ2v) is 9.71. The lowest BCUT2D eigenvalue weighted by Crippen LogP contribution is -2.16. The van der Waals surface area contributed by atoms with Gasteiger partial charge in [-0.15, -0.1) is 0 Å². The number of aryl methyl sites for hydroxylation is 1. The Morgan fingerprint density at radius 1 is 1.09 bits per heavy atom. The summed E-state index contributed by atoms with van der Waals surface area (Å²) in [5.41, 5.74) is 1.41. The highest BCUT2D eigenvalue weighted by atomic mass is 32.2. The van der Waals surface area contributed by atoms with E-state index in [9.17, 15) is 17.6 Å². The zero-order valence-electron chi connectivity index (χ0n) is 17.8. The van der Waals surface area contributed by atoms with Gasteiger partial charge in [0.2, 0.25) is 0 Å². The fourth-order valence-corrected chi connectivity index (χ4v) is 5.42. The van der Waals surface area contributed by atoms with E-state index in [1.54, 1.807) is 18.2 Å². The van der Waals surface area contributed by atoms with E-state index >= 15 is 0 Å². The summed E-state index contributed by atoms with van der Waals surface area (Å²) < 4.78 is 48.8. The number of hydrogen-bond donors (Lipinski definition) is 1. The number of carbonyl (C=O) groups is 1. The summed E-state index contributed by atoms with van der Waals surface area (Å²) in [6.45, 7) is 2.49. The highest BCUT2D eigenvalue weighted by Crippen LogP contribution is 2.21. The molecule has 0 atom stereocenters. The number of nitrogens with one attached hydrogen (secondary N) is 1. The highest BCUT2D eigenvalue weighted by Gasteiger charge is 2.15. The maximum Gasteiger partial charge on any atom is 0.279 e. The zero-order valence-corrected chi connectivity index (χ0v) is 19.4. The molecule has 1 aromatic heterocycles. The molecule has 1 heterocycles. The molecule has 3 aromatic carbocycles. The molecule has 7 nitrogen and oxygen atoms in total. The molecule has 170 valence electrons. The van der Waals surface area contributed by atoms with E-state index in [2.05, 4.69) is 9.71 Å². The molecular formula is C23H20FN3O4S2. The number of nitrogens with zero attached hydrogens (tertiary/aromatic N) is 2. The van der Waals surface area contributed by atoms with Crippen LogP contribution < -0.4 is 14.3 Å². The fraction of sp³-hybridized carbons (Fsp3) is 0.130. The van der Waals surface area contributed by atoms with Crippen molar-refractivity contribution in [2.75, 3.05) is 11.8 Å². The number of rotatable bonds is 6. The van der Waals surface area contributed by atoms with Crippen LogP contribution in [0.25, 0.3) is 10.2 Å². The molecule has 0 spiro atoms. The summed E-state index contributed by atoms with van der Waals surface area (Å²) in [5, 5.41) is 0. The van der Waals surface area contributed by atoms with E-state index in [0.29, 0.717) is 33.0 Å². The van der Waals surface area contributed by atoms with Crippen molar-refractivity contribution < 1.29 is 22.3 Å². The molecule has 4 aromatic rings. The lowest BCUT2D eigenvalue weighted by atomic mass is 10.2. The summed E-state index contributed by atoms with van der Waals surface area (Å²) in [6.07, 6.45) is 0. The van der Waals surface area contributed by atoms with Gasteiger partial charge < -0.3 is 9.30 Å². The summed E-state index contributed by atoms with van der Waals surface area (Å²) in [7, 11) is -2.29. The molecule has 33 heavy (non-hydrogen) atoms. The second-order valence-electron chi connectivity index (χ2n) is 7.02. The predicted molar refractivity (Wildman–Crippen MR) is 126 cm³/mol. The summed E-state index contributed by atoms with van der Waals surface area (Å²) in [4.78, 5) is 17.5. The Balaban J connectivity index is 1.57. The van der Waals surface area contributed by atoms with Crippen LogP contribution >= 0.6 is 11.3 Å². The van der Waals surface area contributed by atoms with Crippen molar-refractivity contribution in [3.05, 3.63) is 82.9 Å². The molecule has 0 saturated carbocycles. The molecular weight excluding hydrogens is 465 g/mol. The molecule has 0 radical (unpaired) electrons. The van der Waals surface area contributed by atoms with E-state index in [1.165, 1.54) is 67.0 Å². The van der Waals surface area contributed by atoms with Gasteiger partial charge in [-0.2, -0.15) is 4.99 Å². The van der Waals surface area contributed by atoms with Crippen LogP contribution in [0.5, 0.6) is 5.75 Å². The SMILES string of the molecule is CCn1c(=NC(=O)c2ccc(NS(=O)(=O)c3ccc(OC)cc3)cc2)sc2cc(F)ccc21. The molecule has 0 aliphatic heterocycles. The van der Waals surface area contributed by atoms with Crippen molar-refractivity contribution in [1.29, 1.82) is 0 Å². The van der Waals surface area contributed by atoms with Crippen LogP contribution in [0.2, 0.25) is 0 Å². The van der Waals surface area contributed by atoms with Gasteiger partial charge in [0.15, 0.2) is 4.80 Å². The molecule has 4 rings (SSSR count). The van der Waals surface area contributed by atoms with Crippen molar-refractivity contribution in [3.8, 4) is 5.75 Å². The number of fused-ring (bicyclic) bond motifs is 1. The number of hydrogen-bond acceptors (Lipinski definition) is 5. The predicted octanol–water partition coefficient (Wildman–Crippen LogP) is 4.41. The van der Waals surface area contributed by atoms with E-state index in [-0.39, 0.29) is 10.7 Å². The smallest absolute Gasteiger partial charge is 0.279 e. The first kappa shape index (κ1) is 22.7. The summed E-state index contributed by atoms with van der Waals surface area (Å²) in [6, 6.07) is 16.5. The van der Waals surface area contributed by atoms with Crippen LogP contribution in [0.1, 0.15) is 17.3 Å². The summed E-state index contributed by atoms with van der Waals surface area (Å²) in [5.74, 6) is -0.278. The van der Waals surface area contributed by atoms with Crippen molar-refractivity contribution in [2.45, 2.75) is 18.4 Å². The molecule has 0 unspecified atom stereocenters. The van der Waals surface area contributed by atoms with Gasteiger partial charge in [-0.25, -0.2) is 12.8 Å². The Hall–Kier alpha value is -3.50. The van der Waals surface area contributed by atoms with Crippen LogP contribution in [0.3, 0.4) is 0 Å². The van der Waals surface area contributed by atoms with Crippen molar-refractivity contribution in [1.82, 2.24) is 4.57 Å². The average Bonchev–Trinajstić information content (AvgIpc) is 3.15. The maximum atomic E-state index is 13.6. The molecule has 0 bridgehead atoms. The molecule has 0 aliphatic rings. The number of anilines is 1. The van der Waals surface area contributed by atoms with E-state index in [0.717, 1.165) is 5.52 Å². The average molecular weight is 486 g/mol. The molecule has 0 aliphatic carbocycles. The molecule has 0 fully saturated rings. The van der Waals surface area contributed by atoms with Crippen molar-refractivity contribution in [2.24, 2.45) is 4.99 Å². The number of benzene rings is 3. The lowest BCUT2D eigenvalue weighted by Gasteiger charge is -2.09. The Kier molecular flexibility index (Phi) is 6.30. The number of methoxy groups -OCH3 is 1. The van der Waals surface area contributed by atoms with Crippen LogP contribution in [0.4, 0.5) is 10.1 Å². The minimum Gasteiger partial charge on any atom is -0.497 e. The van der Waals surface area contributed by atoms with Gasteiger partial charge in [0.25, 0.3) is 15.9 Å². The minimum atomic E-state index is -3.79. The first-order chi connectivity index (χ1) is 15.8. The van der Waals surface area contributed by atoms with Crippen LogP contribution in [0, 0.1) is 5.82 Å². The third-order valence-corrected chi connectivity index (χ3v) is 7.35. The minimum absolute atomic E-state index is 0.0868. The number of sulfonamides is 1. The first-order valence-electron chi connectivity index (χ1n) is 9.95. The van der Waals surface area contributed by atoms with Gasteiger partial charge in [-0.1, -0.05) is 11.3 Å². The van der Waals surface area contributed by atoms with Crippen LogP contribution in [-0.4, -0.2) is 26.0 Å². The molecule has 1 N–H and O–H groups in total. The Labute approximate surface area is 193 Å². The number of aromatic nitrogens is 1. The van der Waals surface area contributed by atoms with Crippen molar-refractivity contribution >= 4 is 43.2 Å². The second kappa shape index (κ2) is 9.16. The molecule has 1 amide bonds. The zero-order chi connectivity index (χ0) is 23.6. The Morgan fingerprint density at radius 3 is 2.42 bits per heavy atom. The number of thiazole rings is 1. The molecule has 0 saturated heterocycles. The quantitative estimate of drug-likeness (QED) is 0.438. The third kappa shape index (κ3) is 4.81. The maximum absolute atomic E-state index is 13.6. The number of carbonyl (C=O) groups excluding carboxylic acids is 1. The van der Waals surface area contributed by atoms with E-state index in [4.69, 9.17) is 4.74 Å². The number of ether oxygens (including phenoxy) is 1. The van der Waals surface area contributed by atoms with Gasteiger partial charge in [-0.05, 0) is 73.7 Å². The van der Waals surface area contributed by atoms with Gasteiger partial charge in [0.1, 0.15) is 11.6 Å². The van der Waals surface area contributed by atoms with Gasteiger partial charge >= 0.3 is 0 Å². The summed E-state index contributed by atoms with van der Waals surface area (Å²) >= 11 is 1.23. The Morgan fingerprint density at radius 2 is 1.79 bits per heavy atom. The topological polar surface area (TPSA) is 89.8 Å². The number of amides is 1. The van der Waals surface area contributed by atoms with Crippen LogP contribution in [0.15, 0.2) is 76.6 Å². The monoisotopic (exact) mass is 485 g/mol.